The van der Waals surface area contributed by atoms with Crippen LogP contribution in [0.1, 0.15) is 25.7 Å². The Hall–Kier alpha value is -0.560. The third-order valence-corrected chi connectivity index (χ3v) is 5.86. The normalized spacial score (nSPS) is 31.8. The number of likely N-dealkylation sites (tertiary alicyclic amines) is 1. The molecule has 0 saturated carbocycles. The first-order chi connectivity index (χ1) is 8.53. The molecule has 2 fully saturated rings. The maximum Gasteiger partial charge on any atom is 0.233 e. The molecule has 3 heterocycles. The number of hydrogen-bond donors (Lipinski definition) is 3. The number of carbonyl (C=O) groups is 1. The Bertz CT molecular complexity index is 402. The molecule has 0 bridgehead atoms. The van der Waals surface area contributed by atoms with Gasteiger partial charge in [-0.15, -0.1) is 0 Å². The van der Waals surface area contributed by atoms with Crippen LogP contribution in [0.5, 0.6) is 0 Å². The van der Waals surface area contributed by atoms with Crippen LogP contribution in [0.15, 0.2) is 11.1 Å². The topological polar surface area (TPSA) is 72.8 Å². The van der Waals surface area contributed by atoms with Crippen LogP contribution in [0, 0.1) is 5.41 Å². The molecular weight excluding hydrogens is 252 g/mol. The summed E-state index contributed by atoms with van der Waals surface area (Å²) in [4.78, 5) is 14.4. The summed E-state index contributed by atoms with van der Waals surface area (Å²) in [5.41, 5.74) is 0.646. The van der Waals surface area contributed by atoms with Crippen molar-refractivity contribution < 1.29 is 13.9 Å². The van der Waals surface area contributed by atoms with Crippen LogP contribution in [-0.4, -0.2) is 45.3 Å². The second-order valence-electron chi connectivity index (χ2n) is 5.52. The maximum atomic E-state index is 12.6. The molecule has 18 heavy (non-hydrogen) atoms. The van der Waals surface area contributed by atoms with Gasteiger partial charge in [0.15, 0.2) is 0 Å². The van der Waals surface area contributed by atoms with Crippen LogP contribution in [0.4, 0.5) is 0 Å². The summed E-state index contributed by atoms with van der Waals surface area (Å²) in [6, 6.07) is 0. The molecule has 3 N–H and O–H groups in total. The summed E-state index contributed by atoms with van der Waals surface area (Å²) in [6.45, 7) is 2.56. The van der Waals surface area contributed by atoms with E-state index in [-0.39, 0.29) is 11.3 Å². The molecule has 0 atom stereocenters. The standard InChI is InChI=1S/C12H20N2O3S/c15-11-12(2-5-13-6-3-12)4-7-14(11)10-1-8-18(16,17)9-10/h9,13,16-17H,1-8H2. The summed E-state index contributed by atoms with van der Waals surface area (Å²) in [5.74, 6) is 0.577. The van der Waals surface area contributed by atoms with E-state index in [2.05, 4.69) is 5.32 Å². The number of piperidine rings is 1. The second-order valence-corrected chi connectivity index (χ2v) is 7.60. The zero-order valence-electron chi connectivity index (χ0n) is 10.4. The number of rotatable bonds is 1. The van der Waals surface area contributed by atoms with Gasteiger partial charge in [0, 0.05) is 29.8 Å². The molecule has 1 spiro atoms. The van der Waals surface area contributed by atoms with Crippen molar-refractivity contribution in [3.63, 3.8) is 0 Å². The van der Waals surface area contributed by atoms with E-state index in [9.17, 15) is 13.9 Å². The molecule has 0 aromatic rings. The fourth-order valence-corrected chi connectivity index (χ4v) is 4.56. The van der Waals surface area contributed by atoms with Crippen LogP contribution >= 0.6 is 10.6 Å². The van der Waals surface area contributed by atoms with Gasteiger partial charge in [0.1, 0.15) is 0 Å². The number of hydrogen-bond acceptors (Lipinski definition) is 4. The van der Waals surface area contributed by atoms with Crippen molar-refractivity contribution in [2.45, 2.75) is 25.7 Å². The van der Waals surface area contributed by atoms with Gasteiger partial charge in [-0.2, -0.15) is 10.6 Å². The largest absolute Gasteiger partial charge is 0.317 e. The molecule has 0 aromatic carbocycles. The van der Waals surface area contributed by atoms with Crippen molar-refractivity contribution in [2.75, 3.05) is 25.4 Å². The Morgan fingerprint density at radius 1 is 1.28 bits per heavy atom. The van der Waals surface area contributed by atoms with E-state index in [0.717, 1.165) is 44.6 Å². The van der Waals surface area contributed by atoms with Crippen LogP contribution in [0.25, 0.3) is 0 Å². The van der Waals surface area contributed by atoms with Gasteiger partial charge < -0.3 is 10.2 Å². The van der Waals surface area contributed by atoms with Crippen molar-refractivity contribution >= 4 is 16.5 Å². The molecule has 0 unspecified atom stereocenters. The minimum atomic E-state index is -2.57. The summed E-state index contributed by atoms with van der Waals surface area (Å²) in [7, 11) is -2.57. The zero-order chi connectivity index (χ0) is 12.8. The Kier molecular flexibility index (Phi) is 2.93. The van der Waals surface area contributed by atoms with Crippen molar-refractivity contribution in [2.24, 2.45) is 5.41 Å². The van der Waals surface area contributed by atoms with Crippen LogP contribution < -0.4 is 5.32 Å². The highest BCUT2D eigenvalue weighted by Gasteiger charge is 2.48. The predicted octanol–water partition coefficient (Wildman–Crippen LogP) is 1.58. The first-order valence-electron chi connectivity index (χ1n) is 6.52. The SMILES string of the molecule is O=C1N(C2=CS(O)(O)CC2)CCC12CCNCC2. The lowest BCUT2D eigenvalue weighted by molar-refractivity contribution is -0.135. The monoisotopic (exact) mass is 272 g/mol. The minimum Gasteiger partial charge on any atom is -0.317 e. The first-order valence-corrected chi connectivity index (χ1v) is 8.30. The third kappa shape index (κ3) is 1.97. The van der Waals surface area contributed by atoms with Gasteiger partial charge in [-0.3, -0.25) is 13.9 Å². The molecular formula is C12H20N2O3S. The van der Waals surface area contributed by atoms with E-state index >= 15 is 0 Å². The molecule has 2 saturated heterocycles. The Balaban J connectivity index is 1.79. The minimum absolute atomic E-state index is 0.183. The van der Waals surface area contributed by atoms with Gasteiger partial charge >= 0.3 is 0 Å². The van der Waals surface area contributed by atoms with E-state index in [1.54, 1.807) is 4.90 Å². The molecule has 0 aromatic heterocycles. The fraction of sp³-hybridized carbons (Fsp3) is 0.750. The molecule has 1 amide bonds. The highest BCUT2D eigenvalue weighted by Crippen LogP contribution is 2.51. The Labute approximate surface area is 109 Å². The average molecular weight is 272 g/mol. The van der Waals surface area contributed by atoms with Crippen LogP contribution in [0.2, 0.25) is 0 Å². The van der Waals surface area contributed by atoms with Gasteiger partial charge in [-0.25, -0.2) is 0 Å². The molecule has 3 aliphatic heterocycles. The molecule has 102 valence electrons. The smallest absolute Gasteiger partial charge is 0.233 e. The van der Waals surface area contributed by atoms with Gasteiger partial charge in [-0.1, -0.05) is 0 Å². The number of amides is 1. The number of allylic oxidation sites excluding steroid dienone is 1. The lowest BCUT2D eigenvalue weighted by Gasteiger charge is -2.32. The van der Waals surface area contributed by atoms with Gasteiger partial charge in [-0.05, 0) is 32.4 Å². The molecule has 6 heteroatoms. The van der Waals surface area contributed by atoms with Crippen molar-refractivity contribution in [1.29, 1.82) is 0 Å². The third-order valence-electron chi connectivity index (χ3n) is 4.40. The van der Waals surface area contributed by atoms with Crippen molar-refractivity contribution in [3.8, 4) is 0 Å². The van der Waals surface area contributed by atoms with E-state index in [4.69, 9.17) is 0 Å². The summed E-state index contributed by atoms with van der Waals surface area (Å²) < 4.78 is 19.3. The van der Waals surface area contributed by atoms with E-state index in [1.165, 1.54) is 5.41 Å². The van der Waals surface area contributed by atoms with E-state index in [0.29, 0.717) is 12.2 Å². The number of nitrogens with zero attached hydrogens (tertiary/aromatic N) is 1. The second kappa shape index (κ2) is 4.23. The van der Waals surface area contributed by atoms with Crippen LogP contribution in [0.3, 0.4) is 0 Å². The quantitative estimate of drug-likeness (QED) is 0.677. The summed E-state index contributed by atoms with van der Waals surface area (Å²) in [5, 5.41) is 4.81. The van der Waals surface area contributed by atoms with Gasteiger partial charge in [0.2, 0.25) is 5.91 Å². The zero-order valence-corrected chi connectivity index (χ0v) is 11.2. The van der Waals surface area contributed by atoms with E-state index in [1.807, 2.05) is 0 Å². The Morgan fingerprint density at radius 3 is 2.61 bits per heavy atom. The maximum absolute atomic E-state index is 12.6. The lowest BCUT2D eigenvalue weighted by atomic mass is 9.77. The molecule has 5 nitrogen and oxygen atoms in total. The Morgan fingerprint density at radius 2 is 2.00 bits per heavy atom. The predicted molar refractivity (Wildman–Crippen MR) is 71.3 cm³/mol. The number of carbonyl (C=O) groups excluding carboxylic acids is 1. The molecule has 3 rings (SSSR count). The molecule has 0 radical (unpaired) electrons. The molecule has 0 aliphatic carbocycles. The van der Waals surface area contributed by atoms with Gasteiger partial charge in [0.05, 0.1) is 5.41 Å². The lowest BCUT2D eigenvalue weighted by Crippen LogP contribution is -2.42. The first kappa shape index (κ1) is 12.5. The molecule has 3 aliphatic rings. The van der Waals surface area contributed by atoms with Crippen LogP contribution in [-0.2, 0) is 4.79 Å². The summed E-state index contributed by atoms with van der Waals surface area (Å²) >= 11 is 0. The highest BCUT2D eigenvalue weighted by molar-refractivity contribution is 8.27. The summed E-state index contributed by atoms with van der Waals surface area (Å²) in [6.07, 6.45) is 3.34. The number of nitrogens with one attached hydrogen (secondary N) is 1. The van der Waals surface area contributed by atoms with E-state index < -0.39 is 10.6 Å². The fourth-order valence-electron chi connectivity index (χ4n) is 3.25. The average Bonchev–Trinajstić information content (AvgIpc) is 2.84. The van der Waals surface area contributed by atoms with Crippen molar-refractivity contribution in [1.82, 2.24) is 10.2 Å². The highest BCUT2D eigenvalue weighted by atomic mass is 32.3. The van der Waals surface area contributed by atoms with Gasteiger partial charge in [0.25, 0.3) is 0 Å². The van der Waals surface area contributed by atoms with Crippen molar-refractivity contribution in [3.05, 3.63) is 11.1 Å².